The van der Waals surface area contributed by atoms with Gasteiger partial charge in [0.15, 0.2) is 0 Å². The SMILES string of the molecule is CCCCn1c(=O)c(NC(=O)Nc2c(C)cc(N=Nc3ccccc3)cc2C)c(-c2cccc(OCCCOC(C)=O)c2)c2cccnc21. The van der Waals surface area contributed by atoms with Crippen LogP contribution < -0.4 is 20.9 Å². The molecule has 0 aliphatic heterocycles. The van der Waals surface area contributed by atoms with Gasteiger partial charge in [0, 0.05) is 42.7 Å². The van der Waals surface area contributed by atoms with E-state index in [1.165, 1.54) is 6.92 Å². The average Bonchev–Trinajstić information content (AvgIpc) is 3.09. The lowest BCUT2D eigenvalue weighted by molar-refractivity contribution is -0.141. The number of esters is 1. The summed E-state index contributed by atoms with van der Waals surface area (Å²) >= 11 is 0. The van der Waals surface area contributed by atoms with Gasteiger partial charge in [0.05, 0.1) is 24.6 Å². The Bertz CT molecular complexity index is 2020. The highest BCUT2D eigenvalue weighted by atomic mass is 16.5. The number of hydrogen-bond acceptors (Lipinski definition) is 8. The second kappa shape index (κ2) is 16.3. The zero-order valence-corrected chi connectivity index (χ0v) is 28.2. The fourth-order valence-corrected chi connectivity index (χ4v) is 5.49. The third-order valence-electron chi connectivity index (χ3n) is 7.77. The van der Waals surface area contributed by atoms with E-state index < -0.39 is 6.03 Å². The Morgan fingerprint density at radius 2 is 1.57 bits per heavy atom. The first-order chi connectivity index (χ1) is 23.7. The summed E-state index contributed by atoms with van der Waals surface area (Å²) in [6.07, 6.45) is 3.82. The van der Waals surface area contributed by atoms with Crippen molar-refractivity contribution < 1.29 is 19.1 Å². The molecule has 5 aromatic rings. The van der Waals surface area contributed by atoms with Crippen LogP contribution in [0.2, 0.25) is 0 Å². The second-order valence-corrected chi connectivity index (χ2v) is 11.6. The molecule has 0 bridgehead atoms. The Hall–Kier alpha value is -5.84. The molecule has 0 aliphatic carbocycles. The van der Waals surface area contributed by atoms with Crippen LogP contribution in [0.4, 0.5) is 27.5 Å². The summed E-state index contributed by atoms with van der Waals surface area (Å²) in [4.78, 5) is 43.6. The van der Waals surface area contributed by atoms with Gasteiger partial charge in [-0.25, -0.2) is 9.78 Å². The van der Waals surface area contributed by atoms with Crippen molar-refractivity contribution in [2.45, 2.75) is 53.5 Å². The lowest BCUT2D eigenvalue weighted by Crippen LogP contribution is -2.30. The Morgan fingerprint density at radius 1 is 0.837 bits per heavy atom. The first-order valence-corrected chi connectivity index (χ1v) is 16.3. The summed E-state index contributed by atoms with van der Waals surface area (Å²) < 4.78 is 12.6. The van der Waals surface area contributed by atoms with Crippen LogP contribution in [0.15, 0.2) is 100 Å². The van der Waals surface area contributed by atoms with Crippen LogP contribution in [0.25, 0.3) is 22.2 Å². The molecule has 5 rings (SSSR count). The van der Waals surface area contributed by atoms with Gasteiger partial charge in [0.1, 0.15) is 17.1 Å². The van der Waals surface area contributed by atoms with Crippen LogP contribution in [-0.4, -0.2) is 34.8 Å². The van der Waals surface area contributed by atoms with Gasteiger partial charge in [0.25, 0.3) is 5.56 Å². The van der Waals surface area contributed by atoms with Crippen molar-refractivity contribution in [2.75, 3.05) is 23.8 Å². The predicted octanol–water partition coefficient (Wildman–Crippen LogP) is 8.87. The number of urea groups is 1. The predicted molar refractivity (Wildman–Crippen MR) is 192 cm³/mol. The number of rotatable bonds is 13. The van der Waals surface area contributed by atoms with E-state index in [-0.39, 0.29) is 23.8 Å². The molecule has 0 spiro atoms. The first-order valence-electron chi connectivity index (χ1n) is 16.3. The summed E-state index contributed by atoms with van der Waals surface area (Å²) in [5, 5.41) is 15.2. The highest BCUT2D eigenvalue weighted by molar-refractivity contribution is 6.07. The molecule has 49 heavy (non-hydrogen) atoms. The minimum atomic E-state index is -0.564. The number of fused-ring (bicyclic) bond motifs is 1. The van der Waals surface area contributed by atoms with E-state index in [4.69, 9.17) is 9.47 Å². The largest absolute Gasteiger partial charge is 0.493 e. The fourth-order valence-electron chi connectivity index (χ4n) is 5.49. The molecule has 0 atom stereocenters. The molecule has 0 saturated carbocycles. The Labute approximate surface area is 285 Å². The number of nitrogens with one attached hydrogen (secondary N) is 2. The molecular weight excluding hydrogens is 620 g/mol. The van der Waals surface area contributed by atoms with Gasteiger partial charge in [0.2, 0.25) is 0 Å². The van der Waals surface area contributed by atoms with Crippen molar-refractivity contribution in [1.82, 2.24) is 9.55 Å². The number of hydrogen-bond donors (Lipinski definition) is 2. The van der Waals surface area contributed by atoms with E-state index in [1.54, 1.807) is 10.8 Å². The number of amides is 2. The van der Waals surface area contributed by atoms with Gasteiger partial charge < -0.3 is 20.1 Å². The summed E-state index contributed by atoms with van der Waals surface area (Å²) in [7, 11) is 0. The summed E-state index contributed by atoms with van der Waals surface area (Å²) in [5.74, 6) is 0.228. The van der Waals surface area contributed by atoms with Gasteiger partial charge in [-0.15, -0.1) is 0 Å². The molecule has 0 aliphatic rings. The molecule has 0 fully saturated rings. The molecule has 11 heteroatoms. The Balaban J connectivity index is 1.48. The van der Waals surface area contributed by atoms with E-state index in [2.05, 4.69) is 32.8 Å². The van der Waals surface area contributed by atoms with Crippen molar-refractivity contribution >= 4 is 45.8 Å². The van der Waals surface area contributed by atoms with Crippen molar-refractivity contribution in [3.05, 3.63) is 107 Å². The number of ether oxygens (including phenoxy) is 2. The zero-order valence-electron chi connectivity index (χ0n) is 28.2. The summed E-state index contributed by atoms with van der Waals surface area (Å²) in [6, 6.07) is 23.6. The highest BCUT2D eigenvalue weighted by Gasteiger charge is 2.22. The number of aromatic nitrogens is 2. The molecule has 0 radical (unpaired) electrons. The smallest absolute Gasteiger partial charge is 0.323 e. The monoisotopic (exact) mass is 660 g/mol. The van der Waals surface area contributed by atoms with Crippen molar-refractivity contribution in [2.24, 2.45) is 10.2 Å². The molecule has 3 aromatic carbocycles. The number of anilines is 2. The summed E-state index contributed by atoms with van der Waals surface area (Å²) in [6.45, 7) is 8.21. The van der Waals surface area contributed by atoms with Crippen molar-refractivity contribution in [1.29, 1.82) is 0 Å². The van der Waals surface area contributed by atoms with Gasteiger partial charge in [-0.3, -0.25) is 14.2 Å². The lowest BCUT2D eigenvalue weighted by Gasteiger charge is -2.19. The first kappa shape index (κ1) is 34.5. The fraction of sp³-hybridized carbons (Fsp3) is 0.263. The third-order valence-corrected chi connectivity index (χ3v) is 7.77. The van der Waals surface area contributed by atoms with Crippen LogP contribution in [-0.2, 0) is 16.1 Å². The summed E-state index contributed by atoms with van der Waals surface area (Å²) in [5.41, 5.74) is 5.09. The lowest BCUT2D eigenvalue weighted by atomic mass is 10.00. The minimum Gasteiger partial charge on any atom is -0.493 e. The topological polar surface area (TPSA) is 136 Å². The number of carbonyl (C=O) groups excluding carboxylic acids is 2. The number of unbranched alkanes of at least 4 members (excludes halogenated alkanes) is 1. The third kappa shape index (κ3) is 8.75. The van der Waals surface area contributed by atoms with Crippen LogP contribution in [0.1, 0.15) is 44.2 Å². The van der Waals surface area contributed by atoms with Crippen molar-refractivity contribution in [3.63, 3.8) is 0 Å². The highest BCUT2D eigenvalue weighted by Crippen LogP contribution is 2.35. The van der Waals surface area contributed by atoms with Gasteiger partial charge >= 0.3 is 12.0 Å². The molecule has 2 heterocycles. The number of nitrogens with zero attached hydrogens (tertiary/aromatic N) is 4. The number of aryl methyl sites for hydroxylation is 3. The number of pyridine rings is 2. The van der Waals surface area contributed by atoms with Gasteiger partial charge in [-0.1, -0.05) is 43.7 Å². The molecule has 252 valence electrons. The number of carbonyl (C=O) groups is 2. The molecule has 0 unspecified atom stereocenters. The van der Waals surface area contributed by atoms with Crippen LogP contribution >= 0.6 is 0 Å². The minimum absolute atomic E-state index is 0.129. The van der Waals surface area contributed by atoms with E-state index in [1.807, 2.05) is 92.7 Å². The van der Waals surface area contributed by atoms with Crippen LogP contribution in [0, 0.1) is 13.8 Å². The quantitative estimate of drug-likeness (QED) is 0.0735. The molecule has 2 amide bonds. The maximum atomic E-state index is 14.2. The second-order valence-electron chi connectivity index (χ2n) is 11.6. The van der Waals surface area contributed by atoms with Gasteiger partial charge in [-0.2, -0.15) is 10.2 Å². The standard InChI is InChI=1S/C38H40N6O5/c1-5-6-19-44-36-32(17-11-18-39-36)33(28-13-10-16-31(24-28)49-21-12-20-48-27(4)45)35(37(44)46)41-38(47)40-34-25(2)22-30(23-26(34)3)43-42-29-14-8-7-9-15-29/h7-11,13-18,22-24H,5-6,12,19-21H2,1-4H3,(H2,40,41,47). The molecular formula is C38H40N6O5. The van der Waals surface area contributed by atoms with Crippen LogP contribution in [0.3, 0.4) is 0 Å². The maximum absolute atomic E-state index is 14.2. The maximum Gasteiger partial charge on any atom is 0.323 e. The Kier molecular flexibility index (Phi) is 11.5. The molecule has 0 saturated heterocycles. The van der Waals surface area contributed by atoms with E-state index >= 15 is 0 Å². The molecule has 11 nitrogen and oxygen atoms in total. The number of azo groups is 1. The van der Waals surface area contributed by atoms with E-state index in [0.29, 0.717) is 58.9 Å². The number of benzene rings is 3. The molecule has 2 N–H and O–H groups in total. The van der Waals surface area contributed by atoms with Crippen molar-refractivity contribution in [3.8, 4) is 16.9 Å². The van der Waals surface area contributed by atoms with Crippen LogP contribution in [0.5, 0.6) is 5.75 Å². The zero-order chi connectivity index (χ0) is 34.8. The Morgan fingerprint density at radius 3 is 2.31 bits per heavy atom. The van der Waals surface area contributed by atoms with E-state index in [9.17, 15) is 14.4 Å². The van der Waals surface area contributed by atoms with Gasteiger partial charge in [-0.05, 0) is 85.5 Å². The van der Waals surface area contributed by atoms with E-state index in [0.717, 1.165) is 29.7 Å². The average molecular weight is 661 g/mol. The molecule has 2 aromatic heterocycles. The normalized spacial score (nSPS) is 11.1.